The predicted octanol–water partition coefficient (Wildman–Crippen LogP) is 2.93. The second kappa shape index (κ2) is 6.39. The molecular formula is C16H19FN2O. The Hall–Kier alpha value is -2.07. The van der Waals surface area contributed by atoms with Crippen LogP contribution in [0.4, 0.5) is 10.1 Å². The first-order chi connectivity index (χ1) is 9.63. The minimum Gasteiger partial charge on any atom is -0.496 e. The first-order valence-corrected chi connectivity index (χ1v) is 6.46. The van der Waals surface area contributed by atoms with Gasteiger partial charge in [0.05, 0.1) is 7.11 Å². The molecule has 106 valence electrons. The summed E-state index contributed by atoms with van der Waals surface area (Å²) in [6.45, 7) is 1.11. The van der Waals surface area contributed by atoms with Crippen LogP contribution in [0.15, 0.2) is 42.5 Å². The molecular weight excluding hydrogens is 255 g/mol. The van der Waals surface area contributed by atoms with Gasteiger partial charge in [0.2, 0.25) is 0 Å². The molecule has 0 heterocycles. The van der Waals surface area contributed by atoms with Gasteiger partial charge >= 0.3 is 0 Å². The monoisotopic (exact) mass is 274 g/mol. The maximum atomic E-state index is 13.2. The molecule has 0 saturated carbocycles. The van der Waals surface area contributed by atoms with Crippen molar-refractivity contribution in [3.05, 3.63) is 59.4 Å². The van der Waals surface area contributed by atoms with Gasteiger partial charge in [-0.3, -0.25) is 0 Å². The molecule has 2 aromatic rings. The molecule has 2 aromatic carbocycles. The van der Waals surface area contributed by atoms with Crippen molar-refractivity contribution in [1.29, 1.82) is 0 Å². The smallest absolute Gasteiger partial charge is 0.125 e. The van der Waals surface area contributed by atoms with Crippen LogP contribution in [0.1, 0.15) is 11.1 Å². The van der Waals surface area contributed by atoms with E-state index in [0.717, 1.165) is 22.6 Å². The number of nitrogens with two attached hydrogens (primary N) is 1. The highest BCUT2D eigenvalue weighted by molar-refractivity contribution is 5.47. The van der Waals surface area contributed by atoms with Gasteiger partial charge in [-0.1, -0.05) is 12.1 Å². The fraction of sp³-hybridized carbons (Fsp3) is 0.250. The molecule has 0 aliphatic heterocycles. The van der Waals surface area contributed by atoms with E-state index in [4.69, 9.17) is 10.5 Å². The fourth-order valence-corrected chi connectivity index (χ4v) is 2.17. The van der Waals surface area contributed by atoms with Crippen molar-refractivity contribution >= 4 is 5.69 Å². The fourth-order valence-electron chi connectivity index (χ4n) is 2.17. The Labute approximate surface area is 118 Å². The van der Waals surface area contributed by atoms with Crippen LogP contribution in [0, 0.1) is 5.82 Å². The zero-order chi connectivity index (χ0) is 14.5. The average Bonchev–Trinajstić information content (AvgIpc) is 2.47. The zero-order valence-electron chi connectivity index (χ0n) is 11.8. The number of hydrogen-bond donors (Lipinski definition) is 1. The van der Waals surface area contributed by atoms with Crippen molar-refractivity contribution < 1.29 is 9.13 Å². The Morgan fingerprint density at radius 2 is 2.00 bits per heavy atom. The van der Waals surface area contributed by atoms with Gasteiger partial charge in [-0.25, -0.2) is 4.39 Å². The van der Waals surface area contributed by atoms with Crippen LogP contribution < -0.4 is 15.4 Å². The topological polar surface area (TPSA) is 38.5 Å². The highest BCUT2D eigenvalue weighted by Gasteiger charge is 2.06. The van der Waals surface area contributed by atoms with Gasteiger partial charge < -0.3 is 15.4 Å². The Balaban J connectivity index is 2.17. The first-order valence-electron chi connectivity index (χ1n) is 6.46. The number of anilines is 1. The van der Waals surface area contributed by atoms with Crippen molar-refractivity contribution in [1.82, 2.24) is 0 Å². The number of rotatable bonds is 5. The van der Waals surface area contributed by atoms with Crippen LogP contribution in [-0.4, -0.2) is 14.2 Å². The quantitative estimate of drug-likeness (QED) is 0.911. The molecule has 0 atom stereocenters. The largest absolute Gasteiger partial charge is 0.496 e. The molecule has 0 spiro atoms. The molecule has 3 nitrogen and oxygen atoms in total. The number of methoxy groups -OCH3 is 1. The van der Waals surface area contributed by atoms with Crippen LogP contribution in [0.25, 0.3) is 0 Å². The van der Waals surface area contributed by atoms with Gasteiger partial charge in [0.1, 0.15) is 11.6 Å². The van der Waals surface area contributed by atoms with Gasteiger partial charge in [-0.05, 0) is 35.9 Å². The van der Waals surface area contributed by atoms with Gasteiger partial charge in [0, 0.05) is 31.4 Å². The molecule has 2 rings (SSSR count). The van der Waals surface area contributed by atoms with Gasteiger partial charge in [-0.15, -0.1) is 0 Å². The molecule has 0 amide bonds. The number of benzene rings is 2. The summed E-state index contributed by atoms with van der Waals surface area (Å²) in [4.78, 5) is 1.99. The lowest BCUT2D eigenvalue weighted by Gasteiger charge is -2.20. The van der Waals surface area contributed by atoms with Crippen molar-refractivity contribution in [3.63, 3.8) is 0 Å². The van der Waals surface area contributed by atoms with Crippen LogP contribution in [0.2, 0.25) is 0 Å². The number of halogens is 1. The summed E-state index contributed by atoms with van der Waals surface area (Å²) in [7, 11) is 3.56. The van der Waals surface area contributed by atoms with Crippen molar-refractivity contribution in [2.75, 3.05) is 19.1 Å². The summed E-state index contributed by atoms with van der Waals surface area (Å²) in [6.07, 6.45) is 0. The standard InChI is InChI=1S/C16H19FN2O/c1-19(15-5-3-4-14(17)9-15)11-12-6-7-16(20-2)13(8-12)10-18/h3-9H,10-11,18H2,1-2H3. The summed E-state index contributed by atoms with van der Waals surface area (Å²) in [5, 5.41) is 0. The van der Waals surface area contributed by atoms with Crippen molar-refractivity contribution in [2.24, 2.45) is 5.73 Å². The van der Waals surface area contributed by atoms with E-state index in [0.29, 0.717) is 13.1 Å². The number of nitrogens with zero attached hydrogens (tertiary/aromatic N) is 1. The van der Waals surface area contributed by atoms with Gasteiger partial charge in [0.25, 0.3) is 0 Å². The highest BCUT2D eigenvalue weighted by atomic mass is 19.1. The number of hydrogen-bond acceptors (Lipinski definition) is 3. The molecule has 0 aromatic heterocycles. The van der Waals surface area contributed by atoms with Gasteiger partial charge in [-0.2, -0.15) is 0 Å². The Bertz CT molecular complexity index is 586. The first kappa shape index (κ1) is 14.3. The normalized spacial score (nSPS) is 10.4. The van der Waals surface area contributed by atoms with E-state index >= 15 is 0 Å². The van der Waals surface area contributed by atoms with Crippen molar-refractivity contribution in [3.8, 4) is 5.75 Å². The summed E-state index contributed by atoms with van der Waals surface area (Å²) in [6, 6.07) is 12.5. The molecule has 2 N–H and O–H groups in total. The maximum absolute atomic E-state index is 13.2. The zero-order valence-corrected chi connectivity index (χ0v) is 11.8. The van der Waals surface area contributed by atoms with Gasteiger partial charge in [0.15, 0.2) is 0 Å². The SMILES string of the molecule is COc1ccc(CN(C)c2cccc(F)c2)cc1CN. The van der Waals surface area contributed by atoms with E-state index in [1.807, 2.05) is 36.2 Å². The Kier molecular flexibility index (Phi) is 4.58. The molecule has 0 aliphatic rings. The summed E-state index contributed by atoms with van der Waals surface area (Å²) in [5.41, 5.74) is 8.64. The Morgan fingerprint density at radius 1 is 1.20 bits per heavy atom. The summed E-state index contributed by atoms with van der Waals surface area (Å²) in [5.74, 6) is 0.566. The number of ether oxygens (including phenoxy) is 1. The third-order valence-corrected chi connectivity index (χ3v) is 3.23. The highest BCUT2D eigenvalue weighted by Crippen LogP contribution is 2.22. The maximum Gasteiger partial charge on any atom is 0.125 e. The molecule has 0 saturated heterocycles. The average molecular weight is 274 g/mol. The molecule has 0 bridgehead atoms. The van der Waals surface area contributed by atoms with E-state index < -0.39 is 0 Å². The molecule has 20 heavy (non-hydrogen) atoms. The molecule has 0 aliphatic carbocycles. The lowest BCUT2D eigenvalue weighted by Crippen LogP contribution is -2.16. The van der Waals surface area contributed by atoms with E-state index in [1.54, 1.807) is 13.2 Å². The summed E-state index contributed by atoms with van der Waals surface area (Å²) < 4.78 is 18.5. The molecule has 0 radical (unpaired) electrons. The molecule has 4 heteroatoms. The lowest BCUT2D eigenvalue weighted by atomic mass is 10.1. The molecule has 0 fully saturated rings. The Morgan fingerprint density at radius 3 is 2.65 bits per heavy atom. The van der Waals surface area contributed by atoms with E-state index in [1.165, 1.54) is 12.1 Å². The molecule has 0 unspecified atom stereocenters. The van der Waals surface area contributed by atoms with Crippen LogP contribution in [-0.2, 0) is 13.1 Å². The third kappa shape index (κ3) is 3.27. The minimum atomic E-state index is -0.230. The summed E-state index contributed by atoms with van der Waals surface area (Å²) >= 11 is 0. The second-order valence-corrected chi connectivity index (χ2v) is 4.69. The van der Waals surface area contributed by atoms with E-state index in [-0.39, 0.29) is 5.82 Å². The van der Waals surface area contributed by atoms with E-state index in [2.05, 4.69) is 0 Å². The van der Waals surface area contributed by atoms with Crippen LogP contribution >= 0.6 is 0 Å². The lowest BCUT2D eigenvalue weighted by molar-refractivity contribution is 0.409. The van der Waals surface area contributed by atoms with Crippen molar-refractivity contribution in [2.45, 2.75) is 13.1 Å². The van der Waals surface area contributed by atoms with E-state index in [9.17, 15) is 4.39 Å². The second-order valence-electron chi connectivity index (χ2n) is 4.69. The minimum absolute atomic E-state index is 0.230. The van der Waals surface area contributed by atoms with Crippen LogP contribution in [0.5, 0.6) is 5.75 Å². The van der Waals surface area contributed by atoms with Crippen LogP contribution in [0.3, 0.4) is 0 Å². The predicted molar refractivity (Wildman–Crippen MR) is 79.4 cm³/mol. The third-order valence-electron chi connectivity index (χ3n) is 3.23.